The molecule has 0 spiro atoms. The lowest BCUT2D eigenvalue weighted by Crippen LogP contribution is -2.51. The lowest BCUT2D eigenvalue weighted by molar-refractivity contribution is -0.125. The second-order valence-electron chi connectivity index (χ2n) is 5.87. The van der Waals surface area contributed by atoms with Gasteiger partial charge < -0.3 is 4.90 Å². The minimum atomic E-state index is 0.247. The number of fused-ring (bicyclic) bond motifs is 1. The summed E-state index contributed by atoms with van der Waals surface area (Å²) in [5.41, 5.74) is 2.26. The summed E-state index contributed by atoms with van der Waals surface area (Å²) >= 11 is 0. The highest BCUT2D eigenvalue weighted by atomic mass is 16.1. The molecule has 3 rings (SSSR count). The van der Waals surface area contributed by atoms with Crippen molar-refractivity contribution >= 4 is 11.5 Å². The van der Waals surface area contributed by atoms with Gasteiger partial charge in [0.05, 0.1) is 12.5 Å². The number of Topliss-reactive ketones (excluding diaryl/α,β-unsaturated/α-hetero) is 1. The average molecular weight is 268 g/mol. The Morgan fingerprint density at radius 2 is 1.95 bits per heavy atom. The second-order valence-corrected chi connectivity index (χ2v) is 5.87. The first kappa shape index (κ1) is 13.2. The third kappa shape index (κ3) is 2.43. The van der Waals surface area contributed by atoms with Crippen molar-refractivity contribution in [1.29, 1.82) is 5.26 Å². The molecule has 2 fully saturated rings. The van der Waals surface area contributed by atoms with Gasteiger partial charge in [-0.3, -0.25) is 4.79 Å². The molecule has 2 aliphatic rings. The van der Waals surface area contributed by atoms with Gasteiger partial charge in [-0.15, -0.1) is 0 Å². The number of nitriles is 1. The summed E-state index contributed by atoms with van der Waals surface area (Å²) < 4.78 is 0. The SMILES string of the molecule is N#CCc1ccc(N2CCC(=O)[C@H]3CCCC[C@H]32)cc1. The van der Waals surface area contributed by atoms with Crippen LogP contribution in [0.3, 0.4) is 0 Å². The Balaban J connectivity index is 1.81. The van der Waals surface area contributed by atoms with E-state index in [9.17, 15) is 4.79 Å². The van der Waals surface area contributed by atoms with Gasteiger partial charge in [0.1, 0.15) is 5.78 Å². The predicted octanol–water partition coefficient (Wildman–Crippen LogP) is 3.09. The summed E-state index contributed by atoms with van der Waals surface area (Å²) in [5.74, 6) is 0.711. The first-order valence-electron chi connectivity index (χ1n) is 7.55. The van der Waals surface area contributed by atoms with E-state index in [1.807, 2.05) is 12.1 Å². The lowest BCUT2D eigenvalue weighted by Gasteiger charge is -2.44. The highest BCUT2D eigenvalue weighted by molar-refractivity contribution is 5.84. The van der Waals surface area contributed by atoms with Gasteiger partial charge in [0.25, 0.3) is 0 Å². The minimum absolute atomic E-state index is 0.247. The van der Waals surface area contributed by atoms with Gasteiger partial charge in [-0.25, -0.2) is 0 Å². The Labute approximate surface area is 120 Å². The van der Waals surface area contributed by atoms with Crippen LogP contribution in [0.5, 0.6) is 0 Å². The highest BCUT2D eigenvalue weighted by Crippen LogP contribution is 2.36. The number of anilines is 1. The van der Waals surface area contributed by atoms with E-state index in [2.05, 4.69) is 23.1 Å². The van der Waals surface area contributed by atoms with Gasteiger partial charge >= 0.3 is 0 Å². The third-order valence-electron chi connectivity index (χ3n) is 4.69. The molecular formula is C17H20N2O. The van der Waals surface area contributed by atoms with Gasteiger partial charge in [-0.2, -0.15) is 5.26 Å². The fourth-order valence-electron chi connectivity index (χ4n) is 3.66. The Bertz CT molecular complexity index is 529. The lowest BCUT2D eigenvalue weighted by atomic mass is 9.77. The van der Waals surface area contributed by atoms with E-state index in [-0.39, 0.29) is 5.92 Å². The van der Waals surface area contributed by atoms with Crippen LogP contribution in [0.4, 0.5) is 5.69 Å². The summed E-state index contributed by atoms with van der Waals surface area (Å²) in [6, 6.07) is 10.9. The zero-order valence-corrected chi connectivity index (χ0v) is 11.7. The third-order valence-corrected chi connectivity index (χ3v) is 4.69. The smallest absolute Gasteiger partial charge is 0.139 e. The number of hydrogen-bond acceptors (Lipinski definition) is 3. The number of hydrogen-bond donors (Lipinski definition) is 0. The van der Waals surface area contributed by atoms with Gasteiger partial charge in [-0.05, 0) is 30.5 Å². The number of nitrogens with zero attached hydrogens (tertiary/aromatic N) is 2. The maximum absolute atomic E-state index is 12.1. The predicted molar refractivity (Wildman–Crippen MR) is 78.5 cm³/mol. The number of rotatable bonds is 2. The molecule has 0 N–H and O–H groups in total. The fraction of sp³-hybridized carbons (Fsp3) is 0.529. The number of benzene rings is 1. The Kier molecular flexibility index (Phi) is 3.73. The van der Waals surface area contributed by atoms with Crippen molar-refractivity contribution in [2.75, 3.05) is 11.4 Å². The van der Waals surface area contributed by atoms with E-state index in [1.165, 1.54) is 18.5 Å². The minimum Gasteiger partial charge on any atom is -0.367 e. The topological polar surface area (TPSA) is 44.1 Å². The highest BCUT2D eigenvalue weighted by Gasteiger charge is 2.38. The van der Waals surface area contributed by atoms with E-state index in [4.69, 9.17) is 5.26 Å². The number of carbonyl (C=O) groups excluding carboxylic acids is 1. The van der Waals surface area contributed by atoms with Crippen LogP contribution in [-0.2, 0) is 11.2 Å². The van der Waals surface area contributed by atoms with E-state index >= 15 is 0 Å². The van der Waals surface area contributed by atoms with Crippen LogP contribution < -0.4 is 4.90 Å². The van der Waals surface area contributed by atoms with Crippen molar-refractivity contribution in [1.82, 2.24) is 0 Å². The zero-order chi connectivity index (χ0) is 13.9. The second kappa shape index (κ2) is 5.66. The molecule has 1 heterocycles. The Morgan fingerprint density at radius 3 is 2.70 bits per heavy atom. The molecule has 20 heavy (non-hydrogen) atoms. The molecule has 1 saturated carbocycles. The standard InChI is InChI=1S/C17H20N2O/c18-11-9-13-5-7-14(8-6-13)19-12-10-17(20)15-3-1-2-4-16(15)19/h5-8,15-16H,1-4,9-10,12H2/t15-,16+/m0/s1. The number of carbonyl (C=O) groups is 1. The van der Waals surface area contributed by atoms with Crippen molar-refractivity contribution in [3.05, 3.63) is 29.8 Å². The van der Waals surface area contributed by atoms with Crippen molar-refractivity contribution in [2.45, 2.75) is 44.6 Å². The molecule has 104 valence electrons. The molecular weight excluding hydrogens is 248 g/mol. The van der Waals surface area contributed by atoms with Crippen LogP contribution in [0.2, 0.25) is 0 Å². The molecule has 3 heteroatoms. The van der Waals surface area contributed by atoms with E-state index in [1.54, 1.807) is 0 Å². The van der Waals surface area contributed by atoms with E-state index in [0.29, 0.717) is 24.7 Å². The summed E-state index contributed by atoms with van der Waals surface area (Å²) in [6.07, 6.45) is 5.77. The Morgan fingerprint density at radius 1 is 1.20 bits per heavy atom. The van der Waals surface area contributed by atoms with Crippen LogP contribution in [0, 0.1) is 17.2 Å². The monoisotopic (exact) mass is 268 g/mol. The van der Waals surface area contributed by atoms with Crippen LogP contribution >= 0.6 is 0 Å². The van der Waals surface area contributed by atoms with Crippen LogP contribution in [0.25, 0.3) is 0 Å². The summed E-state index contributed by atoms with van der Waals surface area (Å²) in [6.45, 7) is 0.845. The molecule has 0 unspecified atom stereocenters. The maximum atomic E-state index is 12.1. The molecule has 1 saturated heterocycles. The molecule has 3 nitrogen and oxygen atoms in total. The molecule has 1 aliphatic heterocycles. The summed E-state index contributed by atoms with van der Waals surface area (Å²) in [7, 11) is 0. The van der Waals surface area contributed by atoms with Crippen molar-refractivity contribution < 1.29 is 4.79 Å². The van der Waals surface area contributed by atoms with Crippen molar-refractivity contribution in [3.63, 3.8) is 0 Å². The van der Waals surface area contributed by atoms with Crippen molar-refractivity contribution in [2.24, 2.45) is 5.92 Å². The van der Waals surface area contributed by atoms with E-state index in [0.717, 1.165) is 24.9 Å². The van der Waals surface area contributed by atoms with Gasteiger partial charge in [0, 0.05) is 30.6 Å². The zero-order valence-electron chi connectivity index (χ0n) is 11.7. The van der Waals surface area contributed by atoms with Crippen LogP contribution in [0.15, 0.2) is 24.3 Å². The quantitative estimate of drug-likeness (QED) is 0.828. The van der Waals surface area contributed by atoms with Crippen LogP contribution in [0.1, 0.15) is 37.7 Å². The molecule has 0 bridgehead atoms. The molecule has 1 aromatic rings. The van der Waals surface area contributed by atoms with Gasteiger partial charge in [-0.1, -0.05) is 25.0 Å². The number of piperidine rings is 1. The normalized spacial score (nSPS) is 25.9. The molecule has 1 aromatic carbocycles. The molecule has 0 amide bonds. The molecule has 2 atom stereocenters. The maximum Gasteiger partial charge on any atom is 0.139 e. The summed E-state index contributed by atoms with van der Waals surface area (Å²) in [5, 5.41) is 8.72. The van der Waals surface area contributed by atoms with Gasteiger partial charge in [0.15, 0.2) is 0 Å². The molecule has 0 aromatic heterocycles. The molecule has 0 radical (unpaired) electrons. The fourth-order valence-corrected chi connectivity index (χ4v) is 3.66. The number of ketones is 1. The summed E-state index contributed by atoms with van der Waals surface area (Å²) in [4.78, 5) is 14.5. The van der Waals surface area contributed by atoms with E-state index < -0.39 is 0 Å². The van der Waals surface area contributed by atoms with Crippen molar-refractivity contribution in [3.8, 4) is 6.07 Å². The molecule has 1 aliphatic carbocycles. The Hall–Kier alpha value is -1.82. The van der Waals surface area contributed by atoms with Gasteiger partial charge in [0.2, 0.25) is 0 Å². The van der Waals surface area contributed by atoms with Crippen LogP contribution in [-0.4, -0.2) is 18.4 Å². The first-order valence-corrected chi connectivity index (χ1v) is 7.55. The largest absolute Gasteiger partial charge is 0.367 e. The average Bonchev–Trinajstić information content (AvgIpc) is 2.49. The first-order chi connectivity index (χ1) is 9.79.